The maximum absolute atomic E-state index is 12.2. The minimum Gasteiger partial charge on any atom is -0.484 e. The van der Waals surface area contributed by atoms with E-state index in [4.69, 9.17) is 9.15 Å². The fourth-order valence-electron chi connectivity index (χ4n) is 2.26. The van der Waals surface area contributed by atoms with Crippen LogP contribution in [0.25, 0.3) is 6.08 Å². The van der Waals surface area contributed by atoms with E-state index in [0.717, 1.165) is 15.9 Å². The molecule has 3 aromatic rings. The second-order valence-corrected chi connectivity index (χ2v) is 6.34. The third kappa shape index (κ3) is 4.09. The van der Waals surface area contributed by atoms with Crippen molar-refractivity contribution in [1.82, 2.24) is 9.78 Å². The van der Waals surface area contributed by atoms with Gasteiger partial charge in [0.25, 0.3) is 0 Å². The molecule has 0 unspecified atom stereocenters. The van der Waals surface area contributed by atoms with Crippen molar-refractivity contribution in [2.75, 3.05) is 0 Å². The number of furan rings is 1. The number of carbonyl (C=O) groups is 1. The van der Waals surface area contributed by atoms with Crippen LogP contribution in [0.15, 0.2) is 57.6 Å². The van der Waals surface area contributed by atoms with Crippen molar-refractivity contribution in [3.05, 3.63) is 75.9 Å². The predicted octanol–water partition coefficient (Wildman–Crippen LogP) is 4.56. The van der Waals surface area contributed by atoms with Crippen LogP contribution in [0.1, 0.15) is 27.6 Å². The van der Waals surface area contributed by atoms with Crippen molar-refractivity contribution in [2.45, 2.75) is 13.5 Å². The summed E-state index contributed by atoms with van der Waals surface area (Å²) in [7, 11) is 1.81. The number of hydrogen-bond acceptors (Lipinski definition) is 4. The van der Waals surface area contributed by atoms with Crippen LogP contribution in [0.5, 0.6) is 5.75 Å². The summed E-state index contributed by atoms with van der Waals surface area (Å²) >= 11 is 3.43. The Labute approximate surface area is 154 Å². The minimum absolute atomic E-state index is 0.104. The van der Waals surface area contributed by atoms with E-state index in [2.05, 4.69) is 21.0 Å². The zero-order chi connectivity index (χ0) is 17.8. The number of benzene rings is 1. The number of allylic oxidation sites excluding steroid dienone is 1. The van der Waals surface area contributed by atoms with E-state index < -0.39 is 0 Å². The third-order valence-electron chi connectivity index (χ3n) is 3.79. The van der Waals surface area contributed by atoms with Crippen molar-refractivity contribution in [1.29, 1.82) is 0 Å². The highest BCUT2D eigenvalue weighted by atomic mass is 79.9. The summed E-state index contributed by atoms with van der Waals surface area (Å²) in [4.78, 5) is 12.2. The van der Waals surface area contributed by atoms with Crippen molar-refractivity contribution in [2.24, 2.45) is 7.05 Å². The zero-order valence-corrected chi connectivity index (χ0v) is 15.5. The van der Waals surface area contributed by atoms with Gasteiger partial charge in [-0.2, -0.15) is 5.10 Å². The maximum Gasteiger partial charge on any atom is 0.189 e. The molecule has 25 heavy (non-hydrogen) atoms. The number of ketones is 1. The smallest absolute Gasteiger partial charge is 0.189 e. The van der Waals surface area contributed by atoms with Gasteiger partial charge in [-0.3, -0.25) is 9.48 Å². The molecule has 6 heteroatoms. The fraction of sp³-hybridized carbons (Fsp3) is 0.158. The maximum atomic E-state index is 12.2. The Morgan fingerprint density at radius 1 is 1.32 bits per heavy atom. The van der Waals surface area contributed by atoms with Crippen molar-refractivity contribution in [3.63, 3.8) is 0 Å². The number of aromatic nitrogens is 2. The summed E-state index contributed by atoms with van der Waals surface area (Å²) in [6, 6.07) is 11.3. The lowest BCUT2D eigenvalue weighted by Gasteiger charge is -2.05. The molecule has 2 aromatic heterocycles. The Morgan fingerprint density at radius 3 is 2.84 bits per heavy atom. The first-order chi connectivity index (χ1) is 12.0. The van der Waals surface area contributed by atoms with Gasteiger partial charge in [0.1, 0.15) is 23.9 Å². The van der Waals surface area contributed by atoms with Crippen molar-refractivity contribution >= 4 is 27.8 Å². The lowest BCUT2D eigenvalue weighted by atomic mass is 10.1. The van der Waals surface area contributed by atoms with Crippen LogP contribution in [-0.2, 0) is 13.7 Å². The highest BCUT2D eigenvalue weighted by Crippen LogP contribution is 2.25. The number of para-hydroxylation sites is 1. The number of carbonyl (C=O) groups excluding carboxylic acids is 1. The normalized spacial score (nSPS) is 11.2. The van der Waals surface area contributed by atoms with Crippen LogP contribution in [0.4, 0.5) is 0 Å². The van der Waals surface area contributed by atoms with Gasteiger partial charge in [0, 0.05) is 12.7 Å². The molecule has 128 valence electrons. The number of rotatable bonds is 6. The second kappa shape index (κ2) is 7.53. The lowest BCUT2D eigenvalue weighted by molar-refractivity contribution is 0.104. The van der Waals surface area contributed by atoms with E-state index in [-0.39, 0.29) is 5.78 Å². The number of ether oxygens (including phenoxy) is 1. The molecule has 0 radical (unpaired) electrons. The van der Waals surface area contributed by atoms with E-state index in [9.17, 15) is 4.79 Å². The molecule has 0 bridgehead atoms. The molecule has 1 aromatic carbocycles. The number of halogens is 1. The molecule has 0 spiro atoms. The molecule has 5 nitrogen and oxygen atoms in total. The van der Waals surface area contributed by atoms with Crippen LogP contribution in [0.3, 0.4) is 0 Å². The molecule has 0 atom stereocenters. The van der Waals surface area contributed by atoms with Gasteiger partial charge < -0.3 is 9.15 Å². The van der Waals surface area contributed by atoms with Crippen LogP contribution in [-0.4, -0.2) is 15.6 Å². The van der Waals surface area contributed by atoms with Gasteiger partial charge in [0.2, 0.25) is 0 Å². The third-order valence-corrected chi connectivity index (χ3v) is 4.44. The molecule has 0 N–H and O–H groups in total. The summed E-state index contributed by atoms with van der Waals surface area (Å²) in [6.07, 6.45) is 4.71. The first-order valence-corrected chi connectivity index (χ1v) is 8.51. The van der Waals surface area contributed by atoms with Crippen molar-refractivity contribution in [3.8, 4) is 5.75 Å². The van der Waals surface area contributed by atoms with E-state index in [0.29, 0.717) is 23.7 Å². The molecule has 0 aliphatic carbocycles. The van der Waals surface area contributed by atoms with Gasteiger partial charge in [0.05, 0.1) is 16.2 Å². The number of hydrogen-bond donors (Lipinski definition) is 0. The topological polar surface area (TPSA) is 57.3 Å². The first kappa shape index (κ1) is 17.2. The molecule has 0 aliphatic heterocycles. The van der Waals surface area contributed by atoms with Gasteiger partial charge in [0.15, 0.2) is 5.78 Å². The molecule has 3 rings (SSSR count). The Morgan fingerprint density at radius 2 is 2.12 bits per heavy atom. The van der Waals surface area contributed by atoms with Crippen molar-refractivity contribution < 1.29 is 13.9 Å². The standard InChI is InChI=1S/C19H17BrN2O3/c1-13-16(11-21-22(13)2)18(23)10-9-14-7-8-15(25-14)12-24-19-6-4-3-5-17(19)20/h3-11H,12H2,1-2H3/b10-9+. The quantitative estimate of drug-likeness (QED) is 0.449. The molecule has 2 heterocycles. The van der Waals surface area contributed by atoms with Gasteiger partial charge >= 0.3 is 0 Å². The van der Waals surface area contributed by atoms with Crippen LogP contribution in [0.2, 0.25) is 0 Å². The summed E-state index contributed by atoms with van der Waals surface area (Å²) in [5.41, 5.74) is 1.42. The Balaban J connectivity index is 1.62. The molecule has 0 saturated heterocycles. The molecular weight excluding hydrogens is 384 g/mol. The average Bonchev–Trinajstić information content (AvgIpc) is 3.19. The van der Waals surface area contributed by atoms with E-state index >= 15 is 0 Å². The Hall–Kier alpha value is -2.60. The summed E-state index contributed by atoms with van der Waals surface area (Å²) < 4.78 is 13.9. The highest BCUT2D eigenvalue weighted by molar-refractivity contribution is 9.10. The van der Waals surface area contributed by atoms with Crippen LogP contribution in [0, 0.1) is 6.92 Å². The van der Waals surface area contributed by atoms with E-state index in [1.54, 1.807) is 30.1 Å². The van der Waals surface area contributed by atoms with Crippen LogP contribution >= 0.6 is 15.9 Å². The lowest BCUT2D eigenvalue weighted by Crippen LogP contribution is -1.98. The minimum atomic E-state index is -0.104. The van der Waals surface area contributed by atoms with Crippen LogP contribution < -0.4 is 4.74 Å². The van der Waals surface area contributed by atoms with Gasteiger partial charge in [-0.1, -0.05) is 12.1 Å². The molecule has 0 amide bonds. The summed E-state index contributed by atoms with van der Waals surface area (Å²) in [5.74, 6) is 1.92. The first-order valence-electron chi connectivity index (χ1n) is 7.71. The van der Waals surface area contributed by atoms with E-state index in [1.807, 2.05) is 37.3 Å². The van der Waals surface area contributed by atoms with Gasteiger partial charge in [-0.25, -0.2) is 0 Å². The number of aryl methyl sites for hydroxylation is 1. The Kier molecular flexibility index (Phi) is 5.19. The van der Waals surface area contributed by atoms with E-state index in [1.165, 1.54) is 6.08 Å². The SMILES string of the molecule is Cc1c(C(=O)/C=C/c2ccc(COc3ccccc3Br)o2)cnn1C. The second-order valence-electron chi connectivity index (χ2n) is 5.49. The van der Waals surface area contributed by atoms with Gasteiger partial charge in [-0.15, -0.1) is 0 Å². The molecule has 0 aliphatic rings. The number of nitrogens with zero attached hydrogens (tertiary/aromatic N) is 2. The summed E-state index contributed by atoms with van der Waals surface area (Å²) in [5, 5.41) is 4.07. The summed E-state index contributed by atoms with van der Waals surface area (Å²) in [6.45, 7) is 2.17. The predicted molar refractivity (Wildman–Crippen MR) is 98.5 cm³/mol. The zero-order valence-electron chi connectivity index (χ0n) is 13.9. The largest absolute Gasteiger partial charge is 0.484 e. The highest BCUT2D eigenvalue weighted by Gasteiger charge is 2.10. The molecule has 0 fully saturated rings. The average molecular weight is 401 g/mol. The fourth-order valence-corrected chi connectivity index (χ4v) is 2.66. The molecule has 0 saturated carbocycles. The van der Waals surface area contributed by atoms with Gasteiger partial charge in [-0.05, 0) is 59.3 Å². The monoisotopic (exact) mass is 400 g/mol. The Bertz CT molecular complexity index is 924. The molecular formula is C19H17BrN2O3.